The van der Waals surface area contributed by atoms with E-state index in [0.29, 0.717) is 0 Å². The summed E-state index contributed by atoms with van der Waals surface area (Å²) in [4.78, 5) is 0. The van der Waals surface area contributed by atoms with Gasteiger partial charge in [-0.3, -0.25) is 4.68 Å². The summed E-state index contributed by atoms with van der Waals surface area (Å²) >= 11 is 0. The molecule has 0 fully saturated rings. The zero-order chi connectivity index (χ0) is 9.26. The van der Waals surface area contributed by atoms with Gasteiger partial charge in [-0.25, -0.2) is 0 Å². The zero-order valence-electron chi connectivity index (χ0n) is 8.11. The number of nitrogens with zero attached hydrogens (tertiary/aromatic N) is 2. The van der Waals surface area contributed by atoms with Crippen LogP contribution in [0.4, 0.5) is 0 Å². The van der Waals surface area contributed by atoms with E-state index in [1.807, 2.05) is 42.8 Å². The Labute approximate surface area is 97.3 Å². The Morgan fingerprint density at radius 3 is 2.57 bits per heavy atom. The average Bonchev–Trinajstić information content (AvgIpc) is 2.47. The van der Waals surface area contributed by atoms with E-state index in [1.165, 1.54) is 0 Å². The van der Waals surface area contributed by atoms with Gasteiger partial charge in [-0.05, 0) is 25.6 Å². The first kappa shape index (κ1) is 11.2. The number of hydrogen-bond acceptors (Lipinski definition) is 1. The standard InChI is InChI=1S/C11H11N2.Ir/c1-9-8-10(2)13(12-9)11-6-4-3-5-7-11;/h3-6,8H,1-2H3;/q-1;. The van der Waals surface area contributed by atoms with Gasteiger partial charge in [0.1, 0.15) is 0 Å². The van der Waals surface area contributed by atoms with Crippen molar-refractivity contribution in [2.45, 2.75) is 13.8 Å². The summed E-state index contributed by atoms with van der Waals surface area (Å²) in [6.45, 7) is 4.04. The third-order valence-electron chi connectivity index (χ3n) is 1.93. The Morgan fingerprint density at radius 1 is 1.29 bits per heavy atom. The molecule has 1 radical (unpaired) electrons. The second kappa shape index (κ2) is 4.54. The van der Waals surface area contributed by atoms with Crippen molar-refractivity contribution < 1.29 is 20.1 Å². The van der Waals surface area contributed by atoms with Crippen LogP contribution in [0.2, 0.25) is 0 Å². The van der Waals surface area contributed by atoms with Crippen molar-refractivity contribution in [1.29, 1.82) is 0 Å². The van der Waals surface area contributed by atoms with E-state index in [-0.39, 0.29) is 20.1 Å². The molecule has 14 heavy (non-hydrogen) atoms. The second-order valence-corrected chi connectivity index (χ2v) is 3.09. The van der Waals surface area contributed by atoms with E-state index in [4.69, 9.17) is 0 Å². The van der Waals surface area contributed by atoms with Crippen LogP contribution in [0.5, 0.6) is 0 Å². The van der Waals surface area contributed by atoms with Gasteiger partial charge in [0.05, 0.1) is 5.69 Å². The molecule has 75 valence electrons. The van der Waals surface area contributed by atoms with Gasteiger partial charge < -0.3 is 0 Å². The quantitative estimate of drug-likeness (QED) is 0.711. The Morgan fingerprint density at radius 2 is 2.07 bits per heavy atom. The smallest absolute Gasteiger partial charge is 0.0600 e. The molecule has 2 nitrogen and oxygen atoms in total. The molecule has 0 unspecified atom stereocenters. The molecule has 0 N–H and O–H groups in total. The monoisotopic (exact) mass is 364 g/mol. The first-order valence-corrected chi connectivity index (χ1v) is 4.28. The Hall–Kier alpha value is -0.921. The van der Waals surface area contributed by atoms with Crippen LogP contribution in [0.15, 0.2) is 30.3 Å². The number of aryl methyl sites for hydroxylation is 2. The van der Waals surface area contributed by atoms with Crippen molar-refractivity contribution >= 4 is 0 Å². The summed E-state index contributed by atoms with van der Waals surface area (Å²) < 4.78 is 1.90. The molecule has 0 bridgehead atoms. The molecule has 0 saturated heterocycles. The van der Waals surface area contributed by atoms with E-state index in [2.05, 4.69) is 17.2 Å². The molecule has 0 aliphatic carbocycles. The van der Waals surface area contributed by atoms with Crippen LogP contribution in [-0.2, 0) is 20.1 Å². The molecular formula is C11H11IrN2-. The van der Waals surface area contributed by atoms with Crippen LogP contribution < -0.4 is 0 Å². The molecule has 2 aromatic rings. The van der Waals surface area contributed by atoms with Gasteiger partial charge in [-0.2, -0.15) is 29.4 Å². The normalized spacial score (nSPS) is 9.57. The topological polar surface area (TPSA) is 17.8 Å². The zero-order valence-corrected chi connectivity index (χ0v) is 10.5. The minimum Gasteiger partial charge on any atom is -0.263 e. The van der Waals surface area contributed by atoms with Crippen LogP contribution in [0.25, 0.3) is 5.69 Å². The van der Waals surface area contributed by atoms with Crippen LogP contribution in [-0.4, -0.2) is 9.78 Å². The predicted molar refractivity (Wildman–Crippen MR) is 51.9 cm³/mol. The molecule has 3 heteroatoms. The number of hydrogen-bond donors (Lipinski definition) is 0. The van der Waals surface area contributed by atoms with Gasteiger partial charge in [-0.15, -0.1) is 6.07 Å². The molecule has 0 aliphatic heterocycles. The largest absolute Gasteiger partial charge is 0.263 e. The van der Waals surface area contributed by atoms with Crippen molar-refractivity contribution in [2.75, 3.05) is 0 Å². The van der Waals surface area contributed by atoms with Gasteiger partial charge in [0, 0.05) is 25.8 Å². The summed E-state index contributed by atoms with van der Waals surface area (Å²) in [7, 11) is 0. The number of aromatic nitrogens is 2. The summed E-state index contributed by atoms with van der Waals surface area (Å²) in [5.41, 5.74) is 3.17. The second-order valence-electron chi connectivity index (χ2n) is 3.09. The van der Waals surface area contributed by atoms with E-state index < -0.39 is 0 Å². The van der Waals surface area contributed by atoms with Crippen LogP contribution in [0, 0.1) is 19.9 Å². The van der Waals surface area contributed by atoms with E-state index in [0.717, 1.165) is 17.1 Å². The summed E-state index contributed by atoms with van der Waals surface area (Å²) in [6, 6.07) is 13.0. The number of benzene rings is 1. The van der Waals surface area contributed by atoms with Crippen molar-refractivity contribution in [3.63, 3.8) is 0 Å². The maximum Gasteiger partial charge on any atom is 0.0600 e. The van der Waals surface area contributed by atoms with Gasteiger partial charge in [0.25, 0.3) is 0 Å². The molecular weight excluding hydrogens is 352 g/mol. The minimum absolute atomic E-state index is 0. The first-order valence-electron chi connectivity index (χ1n) is 4.28. The van der Waals surface area contributed by atoms with Crippen molar-refractivity contribution in [2.24, 2.45) is 0 Å². The van der Waals surface area contributed by atoms with Gasteiger partial charge in [0.15, 0.2) is 0 Å². The number of para-hydroxylation sites is 1. The molecule has 0 aliphatic rings. The summed E-state index contributed by atoms with van der Waals surface area (Å²) in [6.07, 6.45) is 0. The van der Waals surface area contributed by atoms with Crippen molar-refractivity contribution in [3.05, 3.63) is 47.8 Å². The Kier molecular flexibility index (Phi) is 3.61. The summed E-state index contributed by atoms with van der Waals surface area (Å²) in [5, 5.41) is 4.37. The molecule has 2 rings (SSSR count). The van der Waals surface area contributed by atoms with Crippen molar-refractivity contribution in [1.82, 2.24) is 9.78 Å². The van der Waals surface area contributed by atoms with Gasteiger partial charge in [-0.1, -0.05) is 0 Å². The van der Waals surface area contributed by atoms with Crippen LogP contribution in [0.1, 0.15) is 11.4 Å². The SMILES string of the molecule is Cc1cc(C)n(-c2[c-]cccc2)n1.[Ir]. The third-order valence-corrected chi connectivity index (χ3v) is 1.93. The Bertz CT molecular complexity index is 406. The fourth-order valence-electron chi connectivity index (χ4n) is 1.39. The Balaban J connectivity index is 0.000000980. The van der Waals surface area contributed by atoms with Crippen molar-refractivity contribution in [3.8, 4) is 5.69 Å². The number of rotatable bonds is 1. The van der Waals surface area contributed by atoms with E-state index in [1.54, 1.807) is 0 Å². The van der Waals surface area contributed by atoms with E-state index >= 15 is 0 Å². The molecule has 0 amide bonds. The van der Waals surface area contributed by atoms with Crippen LogP contribution in [0.3, 0.4) is 0 Å². The fourth-order valence-corrected chi connectivity index (χ4v) is 1.39. The molecule has 1 aromatic carbocycles. The van der Waals surface area contributed by atoms with Gasteiger partial charge >= 0.3 is 0 Å². The summed E-state index contributed by atoms with van der Waals surface area (Å²) in [5.74, 6) is 0. The van der Waals surface area contributed by atoms with E-state index in [9.17, 15) is 0 Å². The molecule has 0 atom stereocenters. The third kappa shape index (κ3) is 2.11. The predicted octanol–water partition coefficient (Wildman–Crippen LogP) is 2.29. The fraction of sp³-hybridized carbons (Fsp3) is 0.182. The first-order chi connectivity index (χ1) is 6.27. The molecule has 0 spiro atoms. The maximum atomic E-state index is 4.37. The maximum absolute atomic E-state index is 4.37. The van der Waals surface area contributed by atoms with Crippen LogP contribution >= 0.6 is 0 Å². The molecule has 1 aromatic heterocycles. The molecule has 0 saturated carbocycles. The molecule has 1 heterocycles. The minimum atomic E-state index is 0. The average molecular weight is 363 g/mol. The van der Waals surface area contributed by atoms with Gasteiger partial charge in [0.2, 0.25) is 0 Å².